The number of nitro benzene ring substituents is 1. The fraction of sp³-hybridized carbons (Fsp3) is 0.0526. The summed E-state index contributed by atoms with van der Waals surface area (Å²) in [6.07, 6.45) is 1.37. The summed E-state index contributed by atoms with van der Waals surface area (Å²) in [5.74, 6) is 1.15. The number of carbonyl (C=O) groups excluding carboxylic acids is 1. The third-order valence-electron chi connectivity index (χ3n) is 3.68. The normalized spacial score (nSPS) is 10.7. The number of hydrogen-bond donors (Lipinski definition) is 1. The molecule has 8 heteroatoms. The van der Waals surface area contributed by atoms with E-state index in [2.05, 4.69) is 10.5 Å². The maximum Gasteiger partial charge on any atom is 0.271 e. The molecule has 0 unspecified atom stereocenters. The van der Waals surface area contributed by atoms with Crippen molar-refractivity contribution in [2.45, 2.75) is 0 Å². The van der Waals surface area contributed by atoms with Gasteiger partial charge in [0.15, 0.2) is 0 Å². The Labute approximate surface area is 154 Å². The molecule has 1 heterocycles. The minimum Gasteiger partial charge on any atom is -0.497 e. The van der Waals surface area contributed by atoms with Gasteiger partial charge in [0, 0.05) is 23.3 Å². The van der Waals surface area contributed by atoms with Gasteiger partial charge < -0.3 is 9.15 Å². The van der Waals surface area contributed by atoms with Gasteiger partial charge >= 0.3 is 0 Å². The maximum atomic E-state index is 12.1. The zero-order chi connectivity index (χ0) is 19.2. The van der Waals surface area contributed by atoms with E-state index in [1.807, 2.05) is 0 Å². The molecule has 0 radical (unpaired) electrons. The first-order valence-corrected chi connectivity index (χ1v) is 7.89. The van der Waals surface area contributed by atoms with E-state index >= 15 is 0 Å². The molecule has 27 heavy (non-hydrogen) atoms. The highest BCUT2D eigenvalue weighted by molar-refractivity contribution is 5.95. The largest absolute Gasteiger partial charge is 0.497 e. The zero-order valence-electron chi connectivity index (χ0n) is 14.3. The van der Waals surface area contributed by atoms with Gasteiger partial charge in [0.25, 0.3) is 11.6 Å². The molecule has 2 aromatic carbocycles. The number of nitrogens with one attached hydrogen (secondary N) is 1. The number of rotatable bonds is 6. The van der Waals surface area contributed by atoms with E-state index in [1.165, 1.54) is 25.5 Å². The second-order valence-corrected chi connectivity index (χ2v) is 5.44. The number of ether oxygens (including phenoxy) is 1. The predicted octanol–water partition coefficient (Wildman–Crippen LogP) is 3.63. The Morgan fingerprint density at radius 2 is 1.96 bits per heavy atom. The van der Waals surface area contributed by atoms with Gasteiger partial charge in [0.2, 0.25) is 0 Å². The lowest BCUT2D eigenvalue weighted by atomic mass is 10.1. The molecule has 0 spiro atoms. The summed E-state index contributed by atoms with van der Waals surface area (Å²) in [5.41, 5.74) is 3.52. The first kappa shape index (κ1) is 17.9. The van der Waals surface area contributed by atoms with E-state index in [0.717, 1.165) is 0 Å². The molecule has 3 rings (SSSR count). The molecule has 0 saturated carbocycles. The lowest BCUT2D eigenvalue weighted by Gasteiger charge is -2.02. The van der Waals surface area contributed by atoms with Crippen molar-refractivity contribution in [2.24, 2.45) is 5.10 Å². The van der Waals surface area contributed by atoms with Crippen LogP contribution in [0.15, 0.2) is 70.2 Å². The molecule has 0 saturated heterocycles. The van der Waals surface area contributed by atoms with Gasteiger partial charge in [-0.3, -0.25) is 14.9 Å². The smallest absolute Gasteiger partial charge is 0.271 e. The van der Waals surface area contributed by atoms with Gasteiger partial charge in [-0.05, 0) is 42.5 Å². The number of furan rings is 1. The quantitative estimate of drug-likeness (QED) is 0.408. The summed E-state index contributed by atoms with van der Waals surface area (Å²) in [6, 6.07) is 16.1. The predicted molar refractivity (Wildman–Crippen MR) is 98.9 cm³/mol. The second-order valence-electron chi connectivity index (χ2n) is 5.44. The number of nitrogens with zero attached hydrogens (tertiary/aromatic N) is 2. The molecule has 1 N–H and O–H groups in total. The van der Waals surface area contributed by atoms with Crippen molar-refractivity contribution < 1.29 is 18.9 Å². The molecule has 0 aliphatic rings. The molecule has 8 nitrogen and oxygen atoms in total. The first-order valence-electron chi connectivity index (χ1n) is 7.89. The lowest BCUT2D eigenvalue weighted by Crippen LogP contribution is -2.17. The Kier molecular flexibility index (Phi) is 5.27. The van der Waals surface area contributed by atoms with Crippen molar-refractivity contribution in [1.29, 1.82) is 0 Å². The van der Waals surface area contributed by atoms with E-state index < -0.39 is 4.92 Å². The van der Waals surface area contributed by atoms with Crippen LogP contribution in [0, 0.1) is 10.1 Å². The Morgan fingerprint density at radius 1 is 1.19 bits per heavy atom. The number of hydrazone groups is 1. The van der Waals surface area contributed by atoms with Crippen LogP contribution in [0.4, 0.5) is 5.69 Å². The molecule has 1 aromatic heterocycles. The average molecular weight is 365 g/mol. The summed E-state index contributed by atoms with van der Waals surface area (Å²) in [4.78, 5) is 22.3. The summed E-state index contributed by atoms with van der Waals surface area (Å²) in [7, 11) is 1.52. The van der Waals surface area contributed by atoms with E-state index in [4.69, 9.17) is 9.15 Å². The molecule has 0 aliphatic heterocycles. The van der Waals surface area contributed by atoms with Crippen LogP contribution >= 0.6 is 0 Å². The second kappa shape index (κ2) is 7.96. The van der Waals surface area contributed by atoms with Crippen molar-refractivity contribution in [1.82, 2.24) is 5.43 Å². The first-order chi connectivity index (χ1) is 13.1. The van der Waals surface area contributed by atoms with Gasteiger partial charge in [-0.15, -0.1) is 0 Å². The summed E-state index contributed by atoms with van der Waals surface area (Å²) >= 11 is 0. The monoisotopic (exact) mass is 365 g/mol. The van der Waals surface area contributed by atoms with Crippen LogP contribution < -0.4 is 10.2 Å². The van der Waals surface area contributed by atoms with Crippen molar-refractivity contribution in [3.8, 4) is 17.1 Å². The molecular formula is C19H15N3O5. The fourth-order valence-electron chi connectivity index (χ4n) is 2.31. The van der Waals surface area contributed by atoms with Crippen LogP contribution in [0.2, 0.25) is 0 Å². The zero-order valence-corrected chi connectivity index (χ0v) is 14.3. The number of amides is 1. The molecule has 136 valence electrons. The SMILES string of the molecule is COc1cccc(C(=O)N/N=C\c2ccc(-c3ccc([N+](=O)[O-])cc3)o2)c1. The molecule has 0 atom stereocenters. The topological polar surface area (TPSA) is 107 Å². The third kappa shape index (κ3) is 4.37. The van der Waals surface area contributed by atoms with Crippen LogP contribution in [-0.2, 0) is 0 Å². The van der Waals surface area contributed by atoms with Gasteiger partial charge in [-0.2, -0.15) is 5.10 Å². The van der Waals surface area contributed by atoms with E-state index in [1.54, 1.807) is 48.5 Å². The maximum absolute atomic E-state index is 12.1. The fourth-order valence-corrected chi connectivity index (χ4v) is 2.31. The average Bonchev–Trinajstić information content (AvgIpc) is 3.17. The van der Waals surface area contributed by atoms with Crippen molar-refractivity contribution in [3.05, 3.63) is 82.1 Å². The standard InChI is InChI=1S/C19H15N3O5/c1-26-16-4-2-3-14(11-16)19(23)21-20-12-17-9-10-18(27-17)13-5-7-15(8-6-13)22(24)25/h2-12H,1H3,(H,21,23)/b20-12-. The van der Waals surface area contributed by atoms with Crippen LogP contribution in [0.3, 0.4) is 0 Å². The summed E-state index contributed by atoms with van der Waals surface area (Å²) in [6.45, 7) is 0. The Balaban J connectivity index is 1.64. The van der Waals surface area contributed by atoms with Gasteiger partial charge in [-0.1, -0.05) is 6.07 Å². The van der Waals surface area contributed by atoms with Gasteiger partial charge in [0.1, 0.15) is 17.3 Å². The molecule has 3 aromatic rings. The summed E-state index contributed by atoms with van der Waals surface area (Å²) in [5, 5.41) is 14.6. The molecular weight excluding hydrogens is 350 g/mol. The van der Waals surface area contributed by atoms with Crippen molar-refractivity contribution in [3.63, 3.8) is 0 Å². The molecule has 0 bridgehead atoms. The van der Waals surface area contributed by atoms with Gasteiger partial charge in [0.05, 0.1) is 18.2 Å². The third-order valence-corrected chi connectivity index (χ3v) is 3.68. The van der Waals surface area contributed by atoms with Crippen molar-refractivity contribution >= 4 is 17.8 Å². The Hall–Kier alpha value is -3.94. The molecule has 0 fully saturated rings. The number of nitro groups is 1. The molecule has 1 amide bonds. The number of non-ortho nitro benzene ring substituents is 1. The van der Waals surface area contributed by atoms with Crippen LogP contribution in [-0.4, -0.2) is 24.2 Å². The highest BCUT2D eigenvalue weighted by Crippen LogP contribution is 2.24. The number of methoxy groups -OCH3 is 1. The molecule has 0 aliphatic carbocycles. The minimum absolute atomic E-state index is 0.00680. The lowest BCUT2D eigenvalue weighted by molar-refractivity contribution is -0.384. The van der Waals surface area contributed by atoms with Crippen molar-refractivity contribution in [2.75, 3.05) is 7.11 Å². The van der Waals surface area contributed by atoms with Crippen LogP contribution in [0.25, 0.3) is 11.3 Å². The Morgan fingerprint density at radius 3 is 2.67 bits per heavy atom. The highest BCUT2D eigenvalue weighted by atomic mass is 16.6. The minimum atomic E-state index is -0.463. The number of carbonyl (C=O) groups is 1. The van der Waals surface area contributed by atoms with E-state index in [0.29, 0.717) is 28.4 Å². The van der Waals surface area contributed by atoms with Crippen LogP contribution in [0.5, 0.6) is 5.75 Å². The van der Waals surface area contributed by atoms with Gasteiger partial charge in [-0.25, -0.2) is 5.43 Å². The number of hydrogen-bond acceptors (Lipinski definition) is 6. The van der Waals surface area contributed by atoms with Crippen LogP contribution in [0.1, 0.15) is 16.1 Å². The summed E-state index contributed by atoms with van der Waals surface area (Å²) < 4.78 is 10.7. The van der Waals surface area contributed by atoms with E-state index in [-0.39, 0.29) is 11.6 Å². The Bertz CT molecular complexity index is 993. The number of benzene rings is 2. The highest BCUT2D eigenvalue weighted by Gasteiger charge is 2.08. The van der Waals surface area contributed by atoms with E-state index in [9.17, 15) is 14.9 Å².